The molecule has 1 N–H and O–H groups in total. The molecule has 1 fully saturated rings. The largest absolute Gasteiger partial charge is 0.481 e. The Morgan fingerprint density at radius 2 is 1.95 bits per heavy atom. The van der Waals surface area contributed by atoms with E-state index in [1.807, 2.05) is 0 Å². The van der Waals surface area contributed by atoms with Crippen LogP contribution >= 0.6 is 0 Å². The summed E-state index contributed by atoms with van der Waals surface area (Å²) in [4.78, 5) is 13.2. The van der Waals surface area contributed by atoms with Gasteiger partial charge in [0.25, 0.3) is 0 Å². The van der Waals surface area contributed by atoms with Crippen molar-refractivity contribution in [2.75, 3.05) is 13.1 Å². The molecule has 0 radical (unpaired) electrons. The number of benzene rings is 1. The first-order chi connectivity index (χ1) is 9.70. The summed E-state index contributed by atoms with van der Waals surface area (Å²) in [5.74, 6) is -0.272. The van der Waals surface area contributed by atoms with Crippen LogP contribution in [0.2, 0.25) is 0 Å². The van der Waals surface area contributed by atoms with Gasteiger partial charge in [0.05, 0.1) is 0 Å². The molecule has 0 unspecified atom stereocenters. The molecule has 3 nitrogen and oxygen atoms in total. The smallest absolute Gasteiger partial charge is 0.303 e. The Morgan fingerprint density at radius 3 is 2.70 bits per heavy atom. The Hall–Kier alpha value is -1.35. The molecule has 3 rings (SSSR count). The summed E-state index contributed by atoms with van der Waals surface area (Å²) in [6.07, 6.45) is 6.18. The maximum Gasteiger partial charge on any atom is 0.303 e. The lowest BCUT2D eigenvalue weighted by Crippen LogP contribution is -2.33. The molecule has 1 aromatic carbocycles. The van der Waals surface area contributed by atoms with Crippen molar-refractivity contribution in [3.05, 3.63) is 34.9 Å². The lowest BCUT2D eigenvalue weighted by molar-refractivity contribution is -0.138. The third-order valence-electron chi connectivity index (χ3n) is 4.74. The van der Waals surface area contributed by atoms with Crippen LogP contribution in [0.25, 0.3) is 0 Å². The predicted molar refractivity (Wildman–Crippen MR) is 78.7 cm³/mol. The number of carbonyl (C=O) groups is 1. The summed E-state index contributed by atoms with van der Waals surface area (Å²) in [5, 5.41) is 8.84. The fourth-order valence-corrected chi connectivity index (χ4v) is 3.58. The van der Waals surface area contributed by atoms with Crippen LogP contribution in [0.5, 0.6) is 0 Å². The number of piperidine rings is 1. The van der Waals surface area contributed by atoms with Gasteiger partial charge in [0.2, 0.25) is 0 Å². The Balaban J connectivity index is 1.53. The van der Waals surface area contributed by atoms with E-state index in [9.17, 15) is 4.79 Å². The first-order valence-corrected chi connectivity index (χ1v) is 7.75. The molecule has 0 bridgehead atoms. The van der Waals surface area contributed by atoms with E-state index < -0.39 is 5.97 Å². The molecule has 1 aromatic rings. The van der Waals surface area contributed by atoms with Gasteiger partial charge in [-0.1, -0.05) is 18.2 Å². The van der Waals surface area contributed by atoms with Crippen molar-refractivity contribution in [2.24, 2.45) is 5.92 Å². The van der Waals surface area contributed by atoms with E-state index in [2.05, 4.69) is 23.1 Å². The number of hydrogen-bond donors (Lipinski definition) is 1. The molecule has 1 aliphatic heterocycles. The second kappa shape index (κ2) is 5.96. The average Bonchev–Trinajstić information content (AvgIpc) is 2.88. The van der Waals surface area contributed by atoms with Gasteiger partial charge in [-0.15, -0.1) is 0 Å². The molecule has 1 aliphatic carbocycles. The minimum absolute atomic E-state index is 0.340. The number of nitrogens with zero attached hydrogens (tertiary/aromatic N) is 1. The zero-order valence-corrected chi connectivity index (χ0v) is 12.0. The molecule has 1 saturated heterocycles. The number of fused-ring (bicyclic) bond motifs is 1. The third kappa shape index (κ3) is 3.21. The van der Waals surface area contributed by atoms with Crippen molar-refractivity contribution >= 4 is 5.97 Å². The molecule has 3 heteroatoms. The number of hydrogen-bond acceptors (Lipinski definition) is 2. The fourth-order valence-electron chi connectivity index (χ4n) is 3.58. The average molecular weight is 273 g/mol. The molecule has 0 saturated carbocycles. The monoisotopic (exact) mass is 273 g/mol. The van der Waals surface area contributed by atoms with Crippen LogP contribution in [0.3, 0.4) is 0 Å². The van der Waals surface area contributed by atoms with Crippen LogP contribution in [-0.4, -0.2) is 29.1 Å². The SMILES string of the molecule is O=C(O)CC1CCN(Cc2ccc3c(c2)CCC3)CC1. The zero-order chi connectivity index (χ0) is 13.9. The molecule has 20 heavy (non-hydrogen) atoms. The highest BCUT2D eigenvalue weighted by atomic mass is 16.4. The summed E-state index contributed by atoms with van der Waals surface area (Å²) in [5.41, 5.74) is 4.50. The third-order valence-corrected chi connectivity index (χ3v) is 4.74. The highest BCUT2D eigenvalue weighted by molar-refractivity contribution is 5.67. The minimum Gasteiger partial charge on any atom is -0.481 e. The quantitative estimate of drug-likeness (QED) is 0.917. The standard InChI is InChI=1S/C17H23NO2/c19-17(20)11-13-6-8-18(9-7-13)12-14-4-5-15-2-1-3-16(15)10-14/h4-5,10,13H,1-3,6-9,11-12H2,(H,19,20). The molecule has 0 atom stereocenters. The van der Waals surface area contributed by atoms with Crippen LogP contribution in [0.4, 0.5) is 0 Å². The van der Waals surface area contributed by atoms with Crippen molar-refractivity contribution in [3.63, 3.8) is 0 Å². The van der Waals surface area contributed by atoms with Gasteiger partial charge in [-0.2, -0.15) is 0 Å². The maximum absolute atomic E-state index is 10.7. The van der Waals surface area contributed by atoms with Crippen LogP contribution < -0.4 is 0 Å². The molecule has 0 amide bonds. The van der Waals surface area contributed by atoms with Crippen molar-refractivity contribution in [1.29, 1.82) is 0 Å². The van der Waals surface area contributed by atoms with E-state index in [4.69, 9.17) is 5.11 Å². The molecule has 2 aliphatic rings. The van der Waals surface area contributed by atoms with Crippen molar-refractivity contribution in [3.8, 4) is 0 Å². The van der Waals surface area contributed by atoms with Gasteiger partial charge >= 0.3 is 5.97 Å². The first kappa shape index (κ1) is 13.6. The summed E-state index contributed by atoms with van der Waals surface area (Å²) >= 11 is 0. The summed E-state index contributed by atoms with van der Waals surface area (Å²) in [6, 6.07) is 6.95. The maximum atomic E-state index is 10.7. The lowest BCUT2D eigenvalue weighted by Gasteiger charge is -2.31. The Morgan fingerprint density at radius 1 is 1.20 bits per heavy atom. The molecule has 1 heterocycles. The van der Waals surface area contributed by atoms with E-state index in [0.717, 1.165) is 32.5 Å². The van der Waals surface area contributed by atoms with E-state index in [0.29, 0.717) is 12.3 Å². The number of aliphatic carboxylic acids is 1. The van der Waals surface area contributed by atoms with E-state index >= 15 is 0 Å². The Kier molecular flexibility index (Phi) is 4.06. The summed E-state index contributed by atoms with van der Waals surface area (Å²) in [7, 11) is 0. The van der Waals surface area contributed by atoms with Crippen molar-refractivity contribution in [1.82, 2.24) is 4.90 Å². The van der Waals surface area contributed by atoms with Gasteiger partial charge in [0, 0.05) is 13.0 Å². The van der Waals surface area contributed by atoms with Crippen molar-refractivity contribution in [2.45, 2.75) is 45.1 Å². The van der Waals surface area contributed by atoms with Gasteiger partial charge in [0.15, 0.2) is 0 Å². The second-order valence-corrected chi connectivity index (χ2v) is 6.27. The molecular weight excluding hydrogens is 250 g/mol. The molecule has 108 valence electrons. The van der Waals surface area contributed by atoms with Crippen LogP contribution in [0, 0.1) is 5.92 Å². The van der Waals surface area contributed by atoms with Crippen LogP contribution in [0.15, 0.2) is 18.2 Å². The van der Waals surface area contributed by atoms with E-state index in [-0.39, 0.29) is 0 Å². The highest BCUT2D eigenvalue weighted by Gasteiger charge is 2.21. The normalized spacial score (nSPS) is 20.0. The molecule has 0 aromatic heterocycles. The number of carboxylic acids is 1. The van der Waals surface area contributed by atoms with E-state index in [1.54, 1.807) is 5.56 Å². The topological polar surface area (TPSA) is 40.5 Å². The van der Waals surface area contributed by atoms with Gasteiger partial charge in [-0.05, 0) is 67.8 Å². The Labute approximate surface area is 120 Å². The fraction of sp³-hybridized carbons (Fsp3) is 0.588. The van der Waals surface area contributed by atoms with Crippen LogP contribution in [-0.2, 0) is 24.2 Å². The summed E-state index contributed by atoms with van der Waals surface area (Å²) < 4.78 is 0. The molecule has 0 spiro atoms. The summed E-state index contributed by atoms with van der Waals surface area (Å²) in [6.45, 7) is 3.09. The van der Waals surface area contributed by atoms with Crippen molar-refractivity contribution < 1.29 is 9.90 Å². The predicted octanol–water partition coefficient (Wildman–Crippen LogP) is 2.86. The number of rotatable bonds is 4. The van der Waals surface area contributed by atoms with Gasteiger partial charge in [-0.3, -0.25) is 9.69 Å². The van der Waals surface area contributed by atoms with Gasteiger partial charge in [-0.25, -0.2) is 0 Å². The van der Waals surface area contributed by atoms with E-state index in [1.165, 1.54) is 30.4 Å². The highest BCUT2D eigenvalue weighted by Crippen LogP contribution is 2.25. The molecular formula is C17H23NO2. The lowest BCUT2D eigenvalue weighted by atomic mass is 9.93. The minimum atomic E-state index is -0.651. The van der Waals surface area contributed by atoms with Gasteiger partial charge in [0.1, 0.15) is 0 Å². The number of carboxylic acid groups (broad SMARTS) is 1. The first-order valence-electron chi connectivity index (χ1n) is 7.75. The second-order valence-electron chi connectivity index (χ2n) is 6.27. The number of likely N-dealkylation sites (tertiary alicyclic amines) is 1. The van der Waals surface area contributed by atoms with Gasteiger partial charge < -0.3 is 5.11 Å². The zero-order valence-electron chi connectivity index (χ0n) is 12.0. The Bertz CT molecular complexity index is 490. The number of aryl methyl sites for hydroxylation is 2. The van der Waals surface area contributed by atoms with Crippen LogP contribution in [0.1, 0.15) is 42.4 Å².